The molecular formula is C15H15Cl2FN2. The molecule has 2 rings (SSSR count). The molecule has 0 heterocycles. The van der Waals surface area contributed by atoms with Crippen LogP contribution in [-0.2, 0) is 6.42 Å². The average Bonchev–Trinajstić information content (AvgIpc) is 2.41. The van der Waals surface area contributed by atoms with Gasteiger partial charge in [-0.25, -0.2) is 4.39 Å². The smallest absolute Gasteiger partial charge is 0.126 e. The van der Waals surface area contributed by atoms with Crippen LogP contribution in [0.1, 0.15) is 22.7 Å². The van der Waals surface area contributed by atoms with Crippen LogP contribution < -0.4 is 11.3 Å². The van der Waals surface area contributed by atoms with Gasteiger partial charge in [-0.15, -0.1) is 0 Å². The van der Waals surface area contributed by atoms with Gasteiger partial charge >= 0.3 is 0 Å². The van der Waals surface area contributed by atoms with Gasteiger partial charge in [0.15, 0.2) is 0 Å². The third kappa shape index (κ3) is 3.49. The molecule has 0 spiro atoms. The van der Waals surface area contributed by atoms with Gasteiger partial charge in [-0.2, -0.15) is 0 Å². The summed E-state index contributed by atoms with van der Waals surface area (Å²) in [4.78, 5) is 0. The molecule has 0 radical (unpaired) electrons. The van der Waals surface area contributed by atoms with Gasteiger partial charge in [0, 0.05) is 10.0 Å². The zero-order chi connectivity index (χ0) is 14.7. The first-order valence-corrected chi connectivity index (χ1v) is 6.93. The van der Waals surface area contributed by atoms with Crippen LogP contribution in [0, 0.1) is 12.7 Å². The number of nitrogens with one attached hydrogen (secondary N) is 1. The predicted molar refractivity (Wildman–Crippen MR) is 81.4 cm³/mol. The Bertz CT molecular complexity index is 617. The van der Waals surface area contributed by atoms with Gasteiger partial charge < -0.3 is 0 Å². The molecule has 0 aliphatic heterocycles. The summed E-state index contributed by atoms with van der Waals surface area (Å²) in [7, 11) is 0. The minimum absolute atomic E-state index is 0.219. The van der Waals surface area contributed by atoms with E-state index < -0.39 is 0 Å². The number of hydrazine groups is 1. The van der Waals surface area contributed by atoms with Gasteiger partial charge in [-0.05, 0) is 48.2 Å². The second-order valence-corrected chi connectivity index (χ2v) is 5.51. The molecule has 0 aliphatic rings. The van der Waals surface area contributed by atoms with E-state index in [2.05, 4.69) is 5.43 Å². The Labute approximate surface area is 127 Å². The van der Waals surface area contributed by atoms with Gasteiger partial charge in [0.05, 0.1) is 6.04 Å². The molecule has 5 heteroatoms. The van der Waals surface area contributed by atoms with E-state index in [0.29, 0.717) is 22.0 Å². The lowest BCUT2D eigenvalue weighted by atomic mass is 9.98. The monoisotopic (exact) mass is 312 g/mol. The molecule has 20 heavy (non-hydrogen) atoms. The van der Waals surface area contributed by atoms with Crippen LogP contribution >= 0.6 is 23.2 Å². The normalized spacial score (nSPS) is 12.4. The fraction of sp³-hybridized carbons (Fsp3) is 0.200. The van der Waals surface area contributed by atoms with Crippen molar-refractivity contribution in [1.29, 1.82) is 0 Å². The zero-order valence-corrected chi connectivity index (χ0v) is 12.5. The van der Waals surface area contributed by atoms with Gasteiger partial charge in [0.2, 0.25) is 0 Å². The summed E-state index contributed by atoms with van der Waals surface area (Å²) in [5, 5.41) is 1.16. The Hall–Kier alpha value is -1.13. The Morgan fingerprint density at radius 1 is 1.20 bits per heavy atom. The van der Waals surface area contributed by atoms with Crippen LogP contribution in [0.2, 0.25) is 10.0 Å². The standard InChI is InChI=1S/C15H15Cl2FN2/c1-9-2-3-11(6-14(9)18)15(20-19)7-10-4-5-12(16)8-13(10)17/h2-6,8,15,20H,7,19H2,1H3. The average molecular weight is 313 g/mol. The van der Waals surface area contributed by atoms with E-state index >= 15 is 0 Å². The number of nitrogens with two attached hydrogens (primary N) is 1. The molecule has 1 unspecified atom stereocenters. The van der Waals surface area contributed by atoms with Crippen molar-refractivity contribution in [3.63, 3.8) is 0 Å². The molecule has 2 aromatic carbocycles. The van der Waals surface area contributed by atoms with Gasteiger partial charge in [-0.3, -0.25) is 11.3 Å². The first kappa shape index (κ1) is 15.3. The Kier molecular flexibility index (Phi) is 5.00. The van der Waals surface area contributed by atoms with Crippen molar-refractivity contribution >= 4 is 23.2 Å². The molecular weight excluding hydrogens is 298 g/mol. The summed E-state index contributed by atoms with van der Waals surface area (Å²) >= 11 is 12.0. The van der Waals surface area contributed by atoms with Crippen molar-refractivity contribution in [3.05, 3.63) is 69.0 Å². The van der Waals surface area contributed by atoms with Gasteiger partial charge in [0.25, 0.3) is 0 Å². The molecule has 0 saturated heterocycles. The first-order valence-electron chi connectivity index (χ1n) is 6.17. The zero-order valence-electron chi connectivity index (χ0n) is 11.0. The van der Waals surface area contributed by atoms with E-state index in [4.69, 9.17) is 29.0 Å². The molecule has 106 valence electrons. The molecule has 2 aromatic rings. The highest BCUT2D eigenvalue weighted by Gasteiger charge is 2.14. The third-order valence-corrected chi connectivity index (χ3v) is 3.83. The number of benzene rings is 2. The number of rotatable bonds is 4. The maximum absolute atomic E-state index is 13.6. The maximum atomic E-state index is 13.6. The number of aryl methyl sites for hydroxylation is 1. The predicted octanol–water partition coefficient (Wildman–Crippen LogP) is 4.19. The van der Waals surface area contributed by atoms with Crippen LogP contribution in [0.4, 0.5) is 4.39 Å². The van der Waals surface area contributed by atoms with Crippen LogP contribution in [0.25, 0.3) is 0 Å². The highest BCUT2D eigenvalue weighted by molar-refractivity contribution is 6.35. The van der Waals surface area contributed by atoms with E-state index in [-0.39, 0.29) is 11.9 Å². The fourth-order valence-corrected chi connectivity index (χ4v) is 2.49. The van der Waals surface area contributed by atoms with Crippen LogP contribution in [0.5, 0.6) is 0 Å². The lowest BCUT2D eigenvalue weighted by Gasteiger charge is -2.18. The summed E-state index contributed by atoms with van der Waals surface area (Å²) in [5.41, 5.74) is 4.98. The van der Waals surface area contributed by atoms with Gasteiger partial charge in [-0.1, -0.05) is 41.4 Å². The minimum atomic E-state index is -0.245. The minimum Gasteiger partial charge on any atom is -0.271 e. The summed E-state index contributed by atoms with van der Waals surface area (Å²) in [6, 6.07) is 10.2. The second-order valence-electron chi connectivity index (χ2n) is 4.67. The summed E-state index contributed by atoms with van der Waals surface area (Å²) < 4.78 is 13.6. The molecule has 0 bridgehead atoms. The summed E-state index contributed by atoms with van der Waals surface area (Å²) in [5.74, 6) is 5.33. The molecule has 0 fully saturated rings. The van der Waals surface area contributed by atoms with Gasteiger partial charge in [0.1, 0.15) is 5.82 Å². The van der Waals surface area contributed by atoms with Crippen molar-refractivity contribution in [2.75, 3.05) is 0 Å². The van der Waals surface area contributed by atoms with Crippen molar-refractivity contribution in [1.82, 2.24) is 5.43 Å². The highest BCUT2D eigenvalue weighted by Crippen LogP contribution is 2.26. The molecule has 0 saturated carbocycles. The van der Waals surface area contributed by atoms with Crippen molar-refractivity contribution in [3.8, 4) is 0 Å². The quantitative estimate of drug-likeness (QED) is 0.656. The molecule has 1 atom stereocenters. The molecule has 0 aliphatic carbocycles. The third-order valence-electron chi connectivity index (χ3n) is 3.24. The number of hydrogen-bond acceptors (Lipinski definition) is 2. The molecule has 0 amide bonds. The van der Waals surface area contributed by atoms with E-state index in [1.807, 2.05) is 12.1 Å². The van der Waals surface area contributed by atoms with Crippen molar-refractivity contribution in [2.24, 2.45) is 5.84 Å². The highest BCUT2D eigenvalue weighted by atomic mass is 35.5. The fourth-order valence-electron chi connectivity index (χ4n) is 2.01. The molecule has 0 aromatic heterocycles. The van der Waals surface area contributed by atoms with E-state index in [9.17, 15) is 4.39 Å². The van der Waals surface area contributed by atoms with E-state index in [1.54, 1.807) is 25.1 Å². The Morgan fingerprint density at radius 3 is 2.55 bits per heavy atom. The van der Waals surface area contributed by atoms with Crippen molar-refractivity contribution in [2.45, 2.75) is 19.4 Å². The Balaban J connectivity index is 2.26. The first-order chi connectivity index (χ1) is 9.51. The molecule has 3 N–H and O–H groups in total. The lowest BCUT2D eigenvalue weighted by Crippen LogP contribution is -2.29. The number of halogens is 3. The van der Waals surface area contributed by atoms with E-state index in [1.165, 1.54) is 6.07 Å². The van der Waals surface area contributed by atoms with Crippen LogP contribution in [0.15, 0.2) is 36.4 Å². The number of hydrogen-bond donors (Lipinski definition) is 2. The second kappa shape index (κ2) is 6.55. The van der Waals surface area contributed by atoms with E-state index in [0.717, 1.165) is 11.1 Å². The summed E-state index contributed by atoms with van der Waals surface area (Å²) in [6.07, 6.45) is 0.551. The largest absolute Gasteiger partial charge is 0.271 e. The van der Waals surface area contributed by atoms with Crippen molar-refractivity contribution < 1.29 is 4.39 Å². The van der Waals surface area contributed by atoms with Crippen LogP contribution in [-0.4, -0.2) is 0 Å². The van der Waals surface area contributed by atoms with Crippen LogP contribution in [0.3, 0.4) is 0 Å². The summed E-state index contributed by atoms with van der Waals surface area (Å²) in [6.45, 7) is 1.72. The SMILES string of the molecule is Cc1ccc(C(Cc2ccc(Cl)cc2Cl)NN)cc1F. The Morgan fingerprint density at radius 2 is 1.95 bits per heavy atom. The molecule has 2 nitrogen and oxygen atoms in total. The maximum Gasteiger partial charge on any atom is 0.126 e. The lowest BCUT2D eigenvalue weighted by molar-refractivity contribution is 0.543. The topological polar surface area (TPSA) is 38.0 Å².